The van der Waals surface area contributed by atoms with Gasteiger partial charge >= 0.3 is 0 Å². The lowest BCUT2D eigenvalue weighted by Gasteiger charge is -2.19. The van der Waals surface area contributed by atoms with E-state index in [1.165, 1.54) is 20.3 Å². The molecule has 0 heterocycles. The van der Waals surface area contributed by atoms with Crippen LogP contribution in [0, 0.1) is 10.5 Å². The molecule has 4 heteroatoms. The minimum Gasteiger partial charge on any atom is -0.271 e. The summed E-state index contributed by atoms with van der Waals surface area (Å²) in [5, 5.41) is 0. The molecule has 0 amide bonds. The first-order valence-corrected chi connectivity index (χ1v) is 7.94. The van der Waals surface area contributed by atoms with E-state index in [0.29, 0.717) is 0 Å². The summed E-state index contributed by atoms with van der Waals surface area (Å²) in [5.74, 6) is 5.75. The van der Waals surface area contributed by atoms with Crippen molar-refractivity contribution in [2.24, 2.45) is 5.84 Å². The molecule has 0 saturated carbocycles. The lowest BCUT2D eigenvalue weighted by atomic mass is 9.96. The second kappa shape index (κ2) is 6.83. The molecule has 0 saturated heterocycles. The van der Waals surface area contributed by atoms with Crippen LogP contribution in [0.25, 0.3) is 0 Å². The zero-order chi connectivity index (χ0) is 13.8. The molecule has 0 aliphatic heterocycles. The van der Waals surface area contributed by atoms with Gasteiger partial charge in [-0.15, -0.1) is 0 Å². The highest BCUT2D eigenvalue weighted by molar-refractivity contribution is 14.1. The van der Waals surface area contributed by atoms with Crippen molar-refractivity contribution < 1.29 is 0 Å². The fourth-order valence-corrected chi connectivity index (χ4v) is 3.14. The zero-order valence-corrected chi connectivity index (χ0v) is 14.4. The van der Waals surface area contributed by atoms with E-state index >= 15 is 0 Å². The highest BCUT2D eigenvalue weighted by Crippen LogP contribution is 2.28. The predicted octanol–water partition coefficient (Wildman–Crippen LogP) is 4.11. The van der Waals surface area contributed by atoms with Crippen LogP contribution in [0.2, 0.25) is 0 Å². The summed E-state index contributed by atoms with van der Waals surface area (Å²) in [6.07, 6.45) is 0.877. The van der Waals surface area contributed by atoms with E-state index in [1.807, 2.05) is 0 Å². The Hall–Kier alpha value is -0.430. The SMILES string of the molecule is Cc1ccccc1CC(NN)c1cc(I)ccc1Br. The second-order valence-electron chi connectivity index (χ2n) is 4.52. The number of aryl methyl sites for hydroxylation is 1. The minimum absolute atomic E-state index is 0.102. The third kappa shape index (κ3) is 3.78. The summed E-state index contributed by atoms with van der Waals surface area (Å²) in [4.78, 5) is 0. The smallest absolute Gasteiger partial charge is 0.0511 e. The van der Waals surface area contributed by atoms with E-state index in [9.17, 15) is 0 Å². The van der Waals surface area contributed by atoms with Crippen LogP contribution in [0.1, 0.15) is 22.7 Å². The van der Waals surface area contributed by atoms with E-state index in [1.54, 1.807) is 0 Å². The lowest BCUT2D eigenvalue weighted by molar-refractivity contribution is 0.548. The average molecular weight is 431 g/mol. The molecule has 0 aliphatic rings. The number of hydrazine groups is 1. The van der Waals surface area contributed by atoms with Crippen molar-refractivity contribution >= 4 is 38.5 Å². The van der Waals surface area contributed by atoms with Gasteiger partial charge in [0.15, 0.2) is 0 Å². The van der Waals surface area contributed by atoms with Gasteiger partial charge in [0.2, 0.25) is 0 Å². The van der Waals surface area contributed by atoms with Gasteiger partial charge in [0.05, 0.1) is 6.04 Å². The van der Waals surface area contributed by atoms with Crippen LogP contribution in [0.5, 0.6) is 0 Å². The number of hydrogen-bond acceptors (Lipinski definition) is 2. The van der Waals surface area contributed by atoms with Crippen LogP contribution in [-0.2, 0) is 6.42 Å². The molecular weight excluding hydrogens is 415 g/mol. The number of nitrogens with two attached hydrogens (primary N) is 1. The van der Waals surface area contributed by atoms with Gasteiger partial charge < -0.3 is 0 Å². The molecule has 0 radical (unpaired) electrons. The molecule has 0 aromatic heterocycles. The molecule has 0 fully saturated rings. The number of halogens is 2. The molecule has 2 aromatic rings. The first-order chi connectivity index (χ1) is 9.11. The van der Waals surface area contributed by atoms with Crippen LogP contribution in [-0.4, -0.2) is 0 Å². The molecule has 3 N–H and O–H groups in total. The topological polar surface area (TPSA) is 38.0 Å². The fourth-order valence-electron chi connectivity index (χ4n) is 2.10. The molecule has 2 nitrogen and oxygen atoms in total. The molecule has 19 heavy (non-hydrogen) atoms. The summed E-state index contributed by atoms with van der Waals surface area (Å²) in [6, 6.07) is 14.8. The van der Waals surface area contributed by atoms with Crippen molar-refractivity contribution in [3.8, 4) is 0 Å². The van der Waals surface area contributed by atoms with Gasteiger partial charge in [0, 0.05) is 8.04 Å². The van der Waals surface area contributed by atoms with Gasteiger partial charge in [0.1, 0.15) is 0 Å². The van der Waals surface area contributed by atoms with Gasteiger partial charge in [-0.3, -0.25) is 11.3 Å². The third-order valence-corrected chi connectivity index (χ3v) is 4.61. The van der Waals surface area contributed by atoms with Crippen molar-refractivity contribution in [2.75, 3.05) is 0 Å². The van der Waals surface area contributed by atoms with Crippen LogP contribution in [0.4, 0.5) is 0 Å². The van der Waals surface area contributed by atoms with Gasteiger partial charge in [-0.1, -0.05) is 40.2 Å². The zero-order valence-electron chi connectivity index (χ0n) is 10.7. The summed E-state index contributed by atoms with van der Waals surface area (Å²) < 4.78 is 2.30. The minimum atomic E-state index is 0.102. The lowest BCUT2D eigenvalue weighted by Crippen LogP contribution is -2.30. The monoisotopic (exact) mass is 430 g/mol. The van der Waals surface area contributed by atoms with Crippen molar-refractivity contribution in [1.82, 2.24) is 5.43 Å². The van der Waals surface area contributed by atoms with Crippen LogP contribution < -0.4 is 11.3 Å². The summed E-state index contributed by atoms with van der Waals surface area (Å²) in [7, 11) is 0. The summed E-state index contributed by atoms with van der Waals surface area (Å²) in [6.45, 7) is 2.13. The Morgan fingerprint density at radius 1 is 1.26 bits per heavy atom. The number of benzene rings is 2. The Morgan fingerprint density at radius 3 is 2.68 bits per heavy atom. The highest BCUT2D eigenvalue weighted by Gasteiger charge is 2.15. The Bertz CT molecular complexity index is 572. The van der Waals surface area contributed by atoms with Crippen molar-refractivity contribution in [3.63, 3.8) is 0 Å². The van der Waals surface area contributed by atoms with E-state index in [4.69, 9.17) is 5.84 Å². The Morgan fingerprint density at radius 2 is 2.00 bits per heavy atom. The Balaban J connectivity index is 2.30. The second-order valence-corrected chi connectivity index (χ2v) is 6.62. The van der Waals surface area contributed by atoms with Crippen molar-refractivity contribution in [1.29, 1.82) is 0 Å². The molecular formula is C15H16BrIN2. The standard InChI is InChI=1S/C15H16BrIN2/c1-10-4-2-3-5-11(10)8-15(19-18)13-9-12(17)6-7-14(13)16/h2-7,9,15,19H,8,18H2,1H3. The van der Waals surface area contributed by atoms with Crippen LogP contribution in [0.15, 0.2) is 46.9 Å². The molecule has 1 atom stereocenters. The maximum absolute atomic E-state index is 5.75. The maximum atomic E-state index is 5.75. The molecule has 2 rings (SSSR count). The maximum Gasteiger partial charge on any atom is 0.0511 e. The van der Waals surface area contributed by atoms with Gasteiger partial charge in [-0.05, 0) is 70.8 Å². The number of hydrogen-bond donors (Lipinski definition) is 2. The summed E-state index contributed by atoms with van der Waals surface area (Å²) in [5.41, 5.74) is 6.73. The van der Waals surface area contributed by atoms with E-state index < -0.39 is 0 Å². The molecule has 1 unspecified atom stereocenters. The van der Waals surface area contributed by atoms with E-state index in [-0.39, 0.29) is 6.04 Å². The van der Waals surface area contributed by atoms with Gasteiger partial charge in [0.25, 0.3) is 0 Å². The molecule has 0 bridgehead atoms. The van der Waals surface area contributed by atoms with E-state index in [2.05, 4.69) is 93.3 Å². The molecule has 0 spiro atoms. The molecule has 100 valence electrons. The highest BCUT2D eigenvalue weighted by atomic mass is 127. The van der Waals surface area contributed by atoms with Crippen LogP contribution in [0.3, 0.4) is 0 Å². The van der Waals surface area contributed by atoms with Crippen LogP contribution >= 0.6 is 38.5 Å². The van der Waals surface area contributed by atoms with Crippen molar-refractivity contribution in [3.05, 3.63) is 67.2 Å². The predicted molar refractivity (Wildman–Crippen MR) is 91.8 cm³/mol. The average Bonchev–Trinajstić information content (AvgIpc) is 2.41. The Labute approximate surface area is 136 Å². The molecule has 2 aromatic carbocycles. The fraction of sp³-hybridized carbons (Fsp3) is 0.200. The van der Waals surface area contributed by atoms with Crippen molar-refractivity contribution in [2.45, 2.75) is 19.4 Å². The van der Waals surface area contributed by atoms with E-state index in [0.717, 1.165) is 10.9 Å². The summed E-state index contributed by atoms with van der Waals surface area (Å²) >= 11 is 5.92. The normalized spacial score (nSPS) is 12.4. The largest absolute Gasteiger partial charge is 0.271 e. The van der Waals surface area contributed by atoms with Gasteiger partial charge in [-0.25, -0.2) is 0 Å². The quantitative estimate of drug-likeness (QED) is 0.435. The molecule has 0 aliphatic carbocycles. The first kappa shape index (κ1) is 15.0. The third-order valence-electron chi connectivity index (χ3n) is 3.22. The number of rotatable bonds is 4. The van der Waals surface area contributed by atoms with Gasteiger partial charge in [-0.2, -0.15) is 0 Å². The Kier molecular flexibility index (Phi) is 5.38. The first-order valence-electron chi connectivity index (χ1n) is 6.07. The number of nitrogens with one attached hydrogen (secondary N) is 1.